The van der Waals surface area contributed by atoms with Gasteiger partial charge in [-0.3, -0.25) is 4.79 Å². The maximum atomic E-state index is 10.5. The molecule has 2 rings (SSSR count). The molecule has 1 atom stereocenters. The summed E-state index contributed by atoms with van der Waals surface area (Å²) in [5.74, 6) is -0.818. The molecule has 1 aromatic heterocycles. The number of rotatable bonds is 4. The minimum Gasteiger partial charge on any atom is -0.481 e. The molecule has 4 nitrogen and oxygen atoms in total. The fourth-order valence-electron chi connectivity index (χ4n) is 1.81. The van der Waals surface area contributed by atoms with Gasteiger partial charge >= 0.3 is 5.97 Å². The number of benzene rings is 1. The molecule has 17 heavy (non-hydrogen) atoms. The van der Waals surface area contributed by atoms with Crippen LogP contribution < -0.4 is 5.73 Å². The fraction of sp³-hybridized carbons (Fsp3) is 0.333. The van der Waals surface area contributed by atoms with Gasteiger partial charge in [0.1, 0.15) is 0 Å². The molecule has 0 aliphatic carbocycles. The predicted molar refractivity (Wildman–Crippen MR) is 68.2 cm³/mol. The molecule has 0 bridgehead atoms. The second-order valence-electron chi connectivity index (χ2n) is 3.97. The van der Waals surface area contributed by atoms with E-state index in [2.05, 4.69) is 4.98 Å². The summed E-state index contributed by atoms with van der Waals surface area (Å²) in [5.41, 5.74) is 7.87. The van der Waals surface area contributed by atoms with Gasteiger partial charge in [0.05, 0.1) is 15.2 Å². The highest BCUT2D eigenvalue weighted by molar-refractivity contribution is 7.18. The maximum Gasteiger partial charge on any atom is 0.303 e. The second-order valence-corrected chi connectivity index (χ2v) is 5.20. The van der Waals surface area contributed by atoms with Gasteiger partial charge in [-0.15, -0.1) is 11.3 Å². The van der Waals surface area contributed by atoms with E-state index in [0.717, 1.165) is 20.8 Å². The first-order valence-electron chi connectivity index (χ1n) is 5.41. The van der Waals surface area contributed by atoms with Gasteiger partial charge in [-0.25, -0.2) is 4.98 Å². The predicted octanol–water partition coefficient (Wildman–Crippen LogP) is 2.47. The number of fused-ring (bicyclic) bond motifs is 1. The Labute approximate surface area is 103 Å². The van der Waals surface area contributed by atoms with Crippen molar-refractivity contribution in [2.24, 2.45) is 5.73 Å². The van der Waals surface area contributed by atoms with Crippen molar-refractivity contribution < 1.29 is 9.90 Å². The normalized spacial score (nSPS) is 12.8. The van der Waals surface area contributed by atoms with E-state index in [1.807, 2.05) is 25.1 Å². The fourth-order valence-corrected chi connectivity index (χ4v) is 2.68. The zero-order valence-corrected chi connectivity index (χ0v) is 10.3. The third-order valence-electron chi connectivity index (χ3n) is 2.63. The maximum absolute atomic E-state index is 10.5. The highest BCUT2D eigenvalue weighted by Gasteiger charge is 2.13. The van der Waals surface area contributed by atoms with Crippen LogP contribution in [0.15, 0.2) is 18.2 Å². The van der Waals surface area contributed by atoms with Crippen molar-refractivity contribution >= 4 is 27.5 Å². The van der Waals surface area contributed by atoms with Crippen molar-refractivity contribution in [3.05, 3.63) is 28.8 Å². The third-order valence-corrected chi connectivity index (χ3v) is 3.56. The number of para-hydroxylation sites is 1. The number of carbonyl (C=O) groups is 1. The van der Waals surface area contributed by atoms with Crippen LogP contribution in [0.1, 0.15) is 29.5 Å². The Morgan fingerprint density at radius 2 is 2.35 bits per heavy atom. The number of aromatic nitrogens is 1. The van der Waals surface area contributed by atoms with Gasteiger partial charge in [0.25, 0.3) is 0 Å². The molecule has 5 heteroatoms. The summed E-state index contributed by atoms with van der Waals surface area (Å²) in [5, 5.41) is 9.66. The number of nitrogens with two attached hydrogens (primary N) is 1. The molecular weight excluding hydrogens is 236 g/mol. The quantitative estimate of drug-likeness (QED) is 0.874. The first-order chi connectivity index (χ1) is 8.08. The number of thiazole rings is 1. The first-order valence-corrected chi connectivity index (χ1v) is 6.23. The largest absolute Gasteiger partial charge is 0.481 e. The van der Waals surface area contributed by atoms with Crippen LogP contribution in [0.25, 0.3) is 10.2 Å². The smallest absolute Gasteiger partial charge is 0.303 e. The van der Waals surface area contributed by atoms with Gasteiger partial charge < -0.3 is 10.8 Å². The number of hydrogen-bond donors (Lipinski definition) is 2. The van der Waals surface area contributed by atoms with E-state index < -0.39 is 5.97 Å². The second kappa shape index (κ2) is 4.81. The lowest BCUT2D eigenvalue weighted by Gasteiger charge is -2.10. The Morgan fingerprint density at radius 1 is 1.59 bits per heavy atom. The molecule has 1 unspecified atom stereocenters. The minimum atomic E-state index is -0.818. The minimum absolute atomic E-state index is 0.0840. The summed E-state index contributed by atoms with van der Waals surface area (Å²) in [4.78, 5) is 15.0. The molecule has 0 radical (unpaired) electrons. The number of carboxylic acids is 1. The molecule has 0 spiro atoms. The van der Waals surface area contributed by atoms with Crippen LogP contribution >= 0.6 is 11.3 Å². The lowest BCUT2D eigenvalue weighted by molar-refractivity contribution is -0.137. The number of aliphatic carboxylic acids is 1. The Balaban J connectivity index is 2.30. The molecule has 0 aliphatic heterocycles. The van der Waals surface area contributed by atoms with Crippen LogP contribution in [-0.2, 0) is 4.79 Å². The van der Waals surface area contributed by atoms with Gasteiger partial charge in [-0.05, 0) is 25.0 Å². The van der Waals surface area contributed by atoms with Gasteiger partial charge in [0.2, 0.25) is 0 Å². The standard InChI is InChI=1S/C12H14N2O2S/c1-7-14-12-8(3-2-4-10(12)17-7)9(13)5-6-11(15)16/h2-4,9H,5-6,13H2,1H3,(H,15,16). The summed E-state index contributed by atoms with van der Waals surface area (Å²) >= 11 is 1.63. The van der Waals surface area contributed by atoms with E-state index in [9.17, 15) is 4.79 Å². The number of aryl methyl sites for hydroxylation is 1. The van der Waals surface area contributed by atoms with E-state index in [4.69, 9.17) is 10.8 Å². The lowest BCUT2D eigenvalue weighted by atomic mass is 10.0. The Kier molecular flexibility index (Phi) is 3.40. The van der Waals surface area contributed by atoms with Crippen LogP contribution in [0.4, 0.5) is 0 Å². The van der Waals surface area contributed by atoms with E-state index in [1.54, 1.807) is 11.3 Å². The lowest BCUT2D eigenvalue weighted by Crippen LogP contribution is -2.12. The van der Waals surface area contributed by atoms with Crippen molar-refractivity contribution in [2.45, 2.75) is 25.8 Å². The highest BCUT2D eigenvalue weighted by Crippen LogP contribution is 2.28. The van der Waals surface area contributed by atoms with Crippen molar-refractivity contribution in [1.29, 1.82) is 0 Å². The highest BCUT2D eigenvalue weighted by atomic mass is 32.1. The monoisotopic (exact) mass is 250 g/mol. The van der Waals surface area contributed by atoms with E-state index in [1.165, 1.54) is 0 Å². The van der Waals surface area contributed by atoms with Crippen molar-refractivity contribution in [1.82, 2.24) is 4.98 Å². The van der Waals surface area contributed by atoms with E-state index >= 15 is 0 Å². The SMILES string of the molecule is Cc1nc2c(C(N)CCC(=O)O)cccc2s1. The number of hydrogen-bond acceptors (Lipinski definition) is 4. The Bertz CT molecular complexity index is 550. The molecule has 0 saturated carbocycles. The molecule has 0 fully saturated rings. The summed E-state index contributed by atoms with van der Waals surface area (Å²) in [6.45, 7) is 1.96. The van der Waals surface area contributed by atoms with Gasteiger partial charge in [-0.1, -0.05) is 12.1 Å². The van der Waals surface area contributed by atoms with Gasteiger partial charge in [0, 0.05) is 12.5 Å². The Morgan fingerprint density at radius 3 is 3.06 bits per heavy atom. The molecule has 0 saturated heterocycles. The van der Waals surface area contributed by atoms with Crippen LogP contribution in [-0.4, -0.2) is 16.1 Å². The van der Waals surface area contributed by atoms with E-state index in [-0.39, 0.29) is 12.5 Å². The zero-order chi connectivity index (χ0) is 12.4. The summed E-state index contributed by atoms with van der Waals surface area (Å²) in [6.07, 6.45) is 0.520. The van der Waals surface area contributed by atoms with Gasteiger partial charge in [0.15, 0.2) is 0 Å². The molecular formula is C12H14N2O2S. The topological polar surface area (TPSA) is 76.2 Å². The van der Waals surface area contributed by atoms with Crippen molar-refractivity contribution in [2.75, 3.05) is 0 Å². The van der Waals surface area contributed by atoms with Crippen molar-refractivity contribution in [3.63, 3.8) is 0 Å². The van der Waals surface area contributed by atoms with Crippen molar-refractivity contribution in [3.8, 4) is 0 Å². The number of nitrogens with zero attached hydrogens (tertiary/aromatic N) is 1. The molecule has 0 amide bonds. The first kappa shape index (κ1) is 12.0. The molecule has 3 N–H and O–H groups in total. The molecule has 0 aliphatic rings. The number of carboxylic acid groups (broad SMARTS) is 1. The third kappa shape index (κ3) is 2.62. The molecule has 2 aromatic rings. The van der Waals surface area contributed by atoms with Gasteiger partial charge in [-0.2, -0.15) is 0 Å². The summed E-state index contributed by atoms with van der Waals surface area (Å²) in [6, 6.07) is 5.61. The van der Waals surface area contributed by atoms with Crippen LogP contribution in [0.2, 0.25) is 0 Å². The average molecular weight is 250 g/mol. The van der Waals surface area contributed by atoms with Crippen LogP contribution in [0.3, 0.4) is 0 Å². The van der Waals surface area contributed by atoms with Crippen LogP contribution in [0.5, 0.6) is 0 Å². The molecule has 1 heterocycles. The Hall–Kier alpha value is -1.46. The molecule has 90 valence electrons. The van der Waals surface area contributed by atoms with Crippen LogP contribution in [0, 0.1) is 6.92 Å². The zero-order valence-electron chi connectivity index (χ0n) is 9.51. The van der Waals surface area contributed by atoms with E-state index in [0.29, 0.717) is 6.42 Å². The average Bonchev–Trinajstić information content (AvgIpc) is 2.65. The summed E-state index contributed by atoms with van der Waals surface area (Å²) < 4.78 is 1.10. The summed E-state index contributed by atoms with van der Waals surface area (Å²) in [7, 11) is 0. The molecule has 1 aromatic carbocycles.